The maximum Gasteiger partial charge on any atom is 0.254 e. The van der Waals surface area contributed by atoms with Crippen LogP contribution in [0.15, 0.2) is 18.2 Å². The Labute approximate surface area is 161 Å². The van der Waals surface area contributed by atoms with Gasteiger partial charge >= 0.3 is 0 Å². The summed E-state index contributed by atoms with van der Waals surface area (Å²) >= 11 is 0. The molecule has 0 radical (unpaired) electrons. The summed E-state index contributed by atoms with van der Waals surface area (Å²) in [6.07, 6.45) is 3.32. The topological polar surface area (TPSA) is 70.7 Å². The van der Waals surface area contributed by atoms with Crippen LogP contribution in [0.2, 0.25) is 0 Å². The third kappa shape index (κ3) is 4.75. The van der Waals surface area contributed by atoms with E-state index in [9.17, 15) is 9.59 Å². The molecule has 0 aromatic heterocycles. The van der Waals surface area contributed by atoms with Gasteiger partial charge in [0.1, 0.15) is 6.04 Å². The molecule has 1 aromatic rings. The number of amides is 2. The quantitative estimate of drug-likeness (QED) is 0.843. The fraction of sp³-hybridized carbons (Fsp3) is 0.579. The Bertz CT molecular complexity index is 647. The van der Waals surface area contributed by atoms with Gasteiger partial charge < -0.3 is 20.3 Å². The van der Waals surface area contributed by atoms with Gasteiger partial charge in [0.2, 0.25) is 5.91 Å². The molecule has 2 N–H and O–H groups in total. The number of likely N-dealkylation sites (tertiary alicyclic amines) is 1. The van der Waals surface area contributed by atoms with Gasteiger partial charge in [0.15, 0.2) is 0 Å². The van der Waals surface area contributed by atoms with E-state index >= 15 is 0 Å². The summed E-state index contributed by atoms with van der Waals surface area (Å²) in [6, 6.07) is 5.45. The van der Waals surface area contributed by atoms with Gasteiger partial charge in [-0.3, -0.25) is 9.59 Å². The largest absolute Gasteiger partial charge is 0.378 e. The molecule has 2 fully saturated rings. The van der Waals surface area contributed by atoms with Gasteiger partial charge in [0.05, 0.1) is 13.2 Å². The number of carbonyl (C=O) groups excluding carboxylic acids is 2. The molecule has 7 heteroatoms. The Kier molecular flexibility index (Phi) is 7.43. The number of piperidine rings is 1. The molecule has 2 amide bonds. The maximum absolute atomic E-state index is 12.8. The van der Waals surface area contributed by atoms with E-state index in [1.165, 1.54) is 6.42 Å². The number of hydrogen-bond donors (Lipinski definition) is 2. The first kappa shape index (κ1) is 20.7. The zero-order chi connectivity index (χ0) is 17.8. The van der Waals surface area contributed by atoms with Crippen molar-refractivity contribution in [2.75, 3.05) is 31.6 Å². The van der Waals surface area contributed by atoms with Crippen molar-refractivity contribution >= 4 is 29.9 Å². The minimum atomic E-state index is -0.330. The fourth-order valence-electron chi connectivity index (χ4n) is 3.46. The van der Waals surface area contributed by atoms with Crippen molar-refractivity contribution < 1.29 is 14.3 Å². The standard InChI is InChI=1S/C19H27N3O3.ClH/c1-13-11-15(19(24)22-9-4-3-5-14(22)2)6-7-16(13)21-18(23)17-12-25-10-8-20-17;/h6-7,11,14,17,20H,3-5,8-10,12H2,1-2H3,(H,21,23);1H. The van der Waals surface area contributed by atoms with E-state index in [0.717, 1.165) is 30.6 Å². The lowest BCUT2D eigenvalue weighted by atomic mass is 10.0. The summed E-state index contributed by atoms with van der Waals surface area (Å²) in [4.78, 5) is 27.0. The number of halogens is 1. The number of nitrogens with one attached hydrogen (secondary N) is 2. The molecule has 3 rings (SSSR count). The third-order valence-corrected chi connectivity index (χ3v) is 5.03. The molecule has 0 bridgehead atoms. The molecule has 144 valence electrons. The molecule has 2 atom stereocenters. The van der Waals surface area contributed by atoms with Crippen LogP contribution in [0.5, 0.6) is 0 Å². The van der Waals surface area contributed by atoms with Crippen LogP contribution in [0.4, 0.5) is 5.69 Å². The number of rotatable bonds is 3. The highest BCUT2D eigenvalue weighted by molar-refractivity contribution is 5.98. The molecule has 2 unspecified atom stereocenters. The lowest BCUT2D eigenvalue weighted by Gasteiger charge is -2.33. The summed E-state index contributed by atoms with van der Waals surface area (Å²) in [5, 5.41) is 6.07. The van der Waals surface area contributed by atoms with E-state index in [1.54, 1.807) is 6.07 Å². The Morgan fingerprint density at radius 2 is 2.12 bits per heavy atom. The number of nitrogens with zero attached hydrogens (tertiary/aromatic N) is 1. The van der Waals surface area contributed by atoms with Crippen molar-refractivity contribution in [1.29, 1.82) is 0 Å². The average Bonchev–Trinajstić information content (AvgIpc) is 2.64. The second-order valence-corrected chi connectivity index (χ2v) is 6.94. The van der Waals surface area contributed by atoms with Crippen LogP contribution < -0.4 is 10.6 Å². The van der Waals surface area contributed by atoms with E-state index in [0.29, 0.717) is 31.4 Å². The first-order valence-electron chi connectivity index (χ1n) is 9.10. The number of anilines is 1. The van der Waals surface area contributed by atoms with Gasteiger partial charge in [0, 0.05) is 30.4 Å². The SMILES string of the molecule is Cc1cc(C(=O)N2CCCCC2C)ccc1NC(=O)C1COCCN1.Cl. The summed E-state index contributed by atoms with van der Waals surface area (Å²) in [6.45, 7) is 6.54. The van der Waals surface area contributed by atoms with Crippen molar-refractivity contribution in [1.82, 2.24) is 10.2 Å². The number of carbonyl (C=O) groups is 2. The molecule has 0 aliphatic carbocycles. The van der Waals surface area contributed by atoms with Gasteiger partial charge in [-0.25, -0.2) is 0 Å². The molecule has 0 saturated carbocycles. The van der Waals surface area contributed by atoms with Gasteiger partial charge in [-0.2, -0.15) is 0 Å². The molecule has 2 saturated heterocycles. The lowest BCUT2D eigenvalue weighted by Crippen LogP contribution is -2.48. The van der Waals surface area contributed by atoms with Gasteiger partial charge in [-0.15, -0.1) is 12.4 Å². The van der Waals surface area contributed by atoms with Crippen LogP contribution in [0.1, 0.15) is 42.1 Å². The van der Waals surface area contributed by atoms with E-state index in [4.69, 9.17) is 4.74 Å². The van der Waals surface area contributed by atoms with E-state index in [-0.39, 0.29) is 30.3 Å². The second kappa shape index (κ2) is 9.35. The predicted octanol–water partition coefficient (Wildman–Crippen LogP) is 2.36. The highest BCUT2D eigenvalue weighted by atomic mass is 35.5. The first-order valence-corrected chi connectivity index (χ1v) is 9.10. The third-order valence-electron chi connectivity index (χ3n) is 5.03. The minimum absolute atomic E-state index is 0. The Morgan fingerprint density at radius 1 is 1.31 bits per heavy atom. The van der Waals surface area contributed by atoms with E-state index in [2.05, 4.69) is 17.6 Å². The van der Waals surface area contributed by atoms with Crippen LogP contribution in [0.25, 0.3) is 0 Å². The number of benzene rings is 1. The Morgan fingerprint density at radius 3 is 2.77 bits per heavy atom. The Balaban J connectivity index is 0.00000243. The molecule has 2 aliphatic heterocycles. The summed E-state index contributed by atoms with van der Waals surface area (Å²) < 4.78 is 5.33. The molecule has 26 heavy (non-hydrogen) atoms. The molecular weight excluding hydrogens is 354 g/mol. The van der Waals surface area contributed by atoms with Crippen molar-refractivity contribution in [2.24, 2.45) is 0 Å². The van der Waals surface area contributed by atoms with Gasteiger partial charge in [0.25, 0.3) is 5.91 Å². The highest BCUT2D eigenvalue weighted by Gasteiger charge is 2.25. The van der Waals surface area contributed by atoms with Crippen LogP contribution in [-0.2, 0) is 9.53 Å². The van der Waals surface area contributed by atoms with E-state index in [1.807, 2.05) is 24.0 Å². The smallest absolute Gasteiger partial charge is 0.254 e. The Hall–Kier alpha value is -1.63. The fourth-order valence-corrected chi connectivity index (χ4v) is 3.46. The summed E-state index contributed by atoms with van der Waals surface area (Å²) in [5.74, 6) is -0.0259. The molecule has 0 spiro atoms. The number of aryl methyl sites for hydroxylation is 1. The zero-order valence-electron chi connectivity index (χ0n) is 15.4. The number of hydrogen-bond acceptors (Lipinski definition) is 4. The molecule has 6 nitrogen and oxygen atoms in total. The first-order chi connectivity index (χ1) is 12.1. The van der Waals surface area contributed by atoms with Crippen LogP contribution >= 0.6 is 12.4 Å². The molecule has 2 heterocycles. The van der Waals surface area contributed by atoms with Crippen molar-refractivity contribution in [2.45, 2.75) is 45.2 Å². The van der Waals surface area contributed by atoms with Crippen LogP contribution in [0, 0.1) is 6.92 Å². The normalized spacial score (nSPS) is 23.1. The zero-order valence-corrected chi connectivity index (χ0v) is 16.2. The maximum atomic E-state index is 12.8. The second-order valence-electron chi connectivity index (χ2n) is 6.94. The predicted molar refractivity (Wildman–Crippen MR) is 104 cm³/mol. The van der Waals surface area contributed by atoms with Gasteiger partial charge in [-0.1, -0.05) is 0 Å². The lowest BCUT2D eigenvalue weighted by molar-refractivity contribution is -0.120. The average molecular weight is 382 g/mol. The molecular formula is C19H28ClN3O3. The van der Waals surface area contributed by atoms with E-state index < -0.39 is 0 Å². The molecule has 2 aliphatic rings. The van der Waals surface area contributed by atoms with Crippen LogP contribution in [-0.4, -0.2) is 55.1 Å². The van der Waals surface area contributed by atoms with Crippen molar-refractivity contribution in [3.05, 3.63) is 29.3 Å². The number of morpholine rings is 1. The summed E-state index contributed by atoms with van der Waals surface area (Å²) in [7, 11) is 0. The monoisotopic (exact) mass is 381 g/mol. The number of ether oxygens (including phenoxy) is 1. The van der Waals surface area contributed by atoms with Crippen molar-refractivity contribution in [3.63, 3.8) is 0 Å². The van der Waals surface area contributed by atoms with Crippen LogP contribution in [0.3, 0.4) is 0 Å². The van der Waals surface area contributed by atoms with Gasteiger partial charge in [-0.05, 0) is 56.9 Å². The van der Waals surface area contributed by atoms with Crippen molar-refractivity contribution in [3.8, 4) is 0 Å². The minimum Gasteiger partial charge on any atom is -0.378 e. The molecule has 1 aromatic carbocycles. The summed E-state index contributed by atoms with van der Waals surface area (Å²) in [5.41, 5.74) is 2.31. The highest BCUT2D eigenvalue weighted by Crippen LogP contribution is 2.22.